The second-order valence-electron chi connectivity index (χ2n) is 7.78. The van der Waals surface area contributed by atoms with E-state index in [4.69, 9.17) is 4.74 Å². The van der Waals surface area contributed by atoms with Gasteiger partial charge in [-0.25, -0.2) is 0 Å². The van der Waals surface area contributed by atoms with E-state index in [-0.39, 0.29) is 24.0 Å². The van der Waals surface area contributed by atoms with E-state index in [1.54, 1.807) is 7.11 Å². The SMILES string of the molecule is CN=C(NCc1ccc(CN(C)C)cc1)NCC1(CCOC)CCCC1.I. The number of ether oxygens (including phenoxy) is 1. The summed E-state index contributed by atoms with van der Waals surface area (Å²) in [5, 5.41) is 6.99. The molecular weight excluding hydrogens is 451 g/mol. The van der Waals surface area contributed by atoms with Crippen LogP contribution in [-0.2, 0) is 17.8 Å². The van der Waals surface area contributed by atoms with Crippen molar-refractivity contribution < 1.29 is 4.74 Å². The van der Waals surface area contributed by atoms with Gasteiger partial charge in [-0.05, 0) is 49.9 Å². The van der Waals surface area contributed by atoms with Gasteiger partial charge < -0.3 is 20.3 Å². The zero-order valence-electron chi connectivity index (χ0n) is 17.4. The van der Waals surface area contributed by atoms with Gasteiger partial charge in [-0.3, -0.25) is 4.99 Å². The molecule has 154 valence electrons. The molecule has 2 N–H and O–H groups in total. The van der Waals surface area contributed by atoms with Crippen LogP contribution >= 0.6 is 24.0 Å². The van der Waals surface area contributed by atoms with E-state index in [0.29, 0.717) is 5.41 Å². The van der Waals surface area contributed by atoms with Crippen molar-refractivity contribution in [1.29, 1.82) is 0 Å². The lowest BCUT2D eigenvalue weighted by molar-refractivity contribution is 0.138. The summed E-state index contributed by atoms with van der Waals surface area (Å²) >= 11 is 0. The van der Waals surface area contributed by atoms with Crippen molar-refractivity contribution >= 4 is 29.9 Å². The molecule has 1 aliphatic carbocycles. The van der Waals surface area contributed by atoms with E-state index in [0.717, 1.165) is 38.6 Å². The van der Waals surface area contributed by atoms with Crippen molar-refractivity contribution in [3.05, 3.63) is 35.4 Å². The van der Waals surface area contributed by atoms with Crippen LogP contribution in [0.15, 0.2) is 29.3 Å². The fourth-order valence-electron chi connectivity index (χ4n) is 3.76. The summed E-state index contributed by atoms with van der Waals surface area (Å²) in [6, 6.07) is 8.78. The Morgan fingerprint density at radius 2 is 1.74 bits per heavy atom. The van der Waals surface area contributed by atoms with Gasteiger partial charge in [-0.2, -0.15) is 0 Å². The standard InChI is InChI=1S/C21H36N4O.HI/c1-22-20(24-17-21(13-14-26-4)11-5-6-12-21)23-15-18-7-9-19(10-8-18)16-25(2)3;/h7-10H,5-6,11-17H2,1-4H3,(H2,22,23,24);1H. The van der Waals surface area contributed by atoms with Crippen LogP contribution < -0.4 is 10.6 Å². The largest absolute Gasteiger partial charge is 0.385 e. The number of hydrogen-bond acceptors (Lipinski definition) is 3. The van der Waals surface area contributed by atoms with Crippen molar-refractivity contribution in [3.8, 4) is 0 Å². The zero-order valence-corrected chi connectivity index (χ0v) is 19.7. The minimum atomic E-state index is 0. The Hall–Kier alpha value is -0.860. The molecule has 1 saturated carbocycles. The van der Waals surface area contributed by atoms with Gasteiger partial charge in [-0.15, -0.1) is 24.0 Å². The van der Waals surface area contributed by atoms with Gasteiger partial charge in [0.15, 0.2) is 5.96 Å². The van der Waals surface area contributed by atoms with Gasteiger partial charge in [-0.1, -0.05) is 37.1 Å². The molecule has 0 amide bonds. The summed E-state index contributed by atoms with van der Waals surface area (Å²) in [5.41, 5.74) is 2.97. The molecule has 0 aliphatic heterocycles. The normalized spacial score (nSPS) is 16.3. The third-order valence-electron chi connectivity index (χ3n) is 5.34. The van der Waals surface area contributed by atoms with Gasteiger partial charge in [0, 0.05) is 40.4 Å². The fraction of sp³-hybridized carbons (Fsp3) is 0.667. The molecule has 1 aliphatic rings. The molecule has 0 spiro atoms. The fourth-order valence-corrected chi connectivity index (χ4v) is 3.76. The van der Waals surface area contributed by atoms with Gasteiger partial charge in [0.1, 0.15) is 0 Å². The number of rotatable bonds is 9. The molecule has 0 aromatic heterocycles. The highest BCUT2D eigenvalue weighted by molar-refractivity contribution is 14.0. The van der Waals surface area contributed by atoms with Crippen LogP contribution in [-0.4, -0.2) is 52.3 Å². The highest BCUT2D eigenvalue weighted by atomic mass is 127. The molecule has 0 saturated heterocycles. The molecule has 0 atom stereocenters. The number of guanidine groups is 1. The van der Waals surface area contributed by atoms with E-state index in [1.807, 2.05) is 7.05 Å². The first-order chi connectivity index (χ1) is 12.6. The summed E-state index contributed by atoms with van der Waals surface area (Å²) in [5.74, 6) is 0.881. The van der Waals surface area contributed by atoms with Gasteiger partial charge in [0.05, 0.1) is 0 Å². The maximum Gasteiger partial charge on any atom is 0.191 e. The quantitative estimate of drug-likeness (QED) is 0.317. The predicted octanol–water partition coefficient (Wildman–Crippen LogP) is 3.63. The first kappa shape index (κ1) is 24.2. The summed E-state index contributed by atoms with van der Waals surface area (Å²) < 4.78 is 5.32. The lowest BCUT2D eigenvalue weighted by Crippen LogP contribution is -2.43. The van der Waals surface area contributed by atoms with E-state index in [2.05, 4.69) is 58.9 Å². The third-order valence-corrected chi connectivity index (χ3v) is 5.34. The van der Waals surface area contributed by atoms with Crippen molar-refractivity contribution in [1.82, 2.24) is 15.5 Å². The molecule has 0 heterocycles. The Kier molecular flexibility index (Phi) is 11.3. The maximum absolute atomic E-state index is 5.32. The Morgan fingerprint density at radius 3 is 2.30 bits per heavy atom. The summed E-state index contributed by atoms with van der Waals surface area (Å²) in [6.07, 6.45) is 6.36. The first-order valence-corrected chi connectivity index (χ1v) is 9.73. The Bertz CT molecular complexity index is 554. The van der Waals surface area contributed by atoms with E-state index in [1.165, 1.54) is 36.8 Å². The van der Waals surface area contributed by atoms with Crippen molar-refractivity contribution in [2.24, 2.45) is 10.4 Å². The van der Waals surface area contributed by atoms with Crippen LogP contribution in [0.25, 0.3) is 0 Å². The monoisotopic (exact) mass is 488 g/mol. The van der Waals surface area contributed by atoms with Crippen molar-refractivity contribution in [3.63, 3.8) is 0 Å². The van der Waals surface area contributed by atoms with Crippen LogP contribution in [0.4, 0.5) is 0 Å². The van der Waals surface area contributed by atoms with E-state index < -0.39 is 0 Å². The molecule has 27 heavy (non-hydrogen) atoms. The molecule has 0 bridgehead atoms. The predicted molar refractivity (Wildman–Crippen MR) is 125 cm³/mol. The number of aliphatic imine (C=N–C) groups is 1. The Balaban J connectivity index is 0.00000364. The van der Waals surface area contributed by atoms with E-state index in [9.17, 15) is 0 Å². The number of nitrogens with zero attached hydrogens (tertiary/aromatic N) is 2. The molecule has 1 aromatic carbocycles. The average Bonchev–Trinajstić information content (AvgIpc) is 3.10. The van der Waals surface area contributed by atoms with Crippen LogP contribution in [0.2, 0.25) is 0 Å². The van der Waals surface area contributed by atoms with Crippen LogP contribution in [0, 0.1) is 5.41 Å². The molecule has 0 unspecified atom stereocenters. The van der Waals surface area contributed by atoms with Crippen LogP contribution in [0.1, 0.15) is 43.2 Å². The second kappa shape index (κ2) is 12.6. The second-order valence-corrected chi connectivity index (χ2v) is 7.78. The van der Waals surface area contributed by atoms with Gasteiger partial charge >= 0.3 is 0 Å². The number of hydrogen-bond donors (Lipinski definition) is 2. The number of nitrogens with one attached hydrogen (secondary N) is 2. The summed E-state index contributed by atoms with van der Waals surface area (Å²) in [7, 11) is 7.82. The smallest absolute Gasteiger partial charge is 0.191 e. The number of benzene rings is 1. The minimum absolute atomic E-state index is 0. The number of halogens is 1. The molecule has 0 radical (unpaired) electrons. The molecule has 1 aromatic rings. The molecule has 6 heteroatoms. The zero-order chi connectivity index (χ0) is 18.8. The average molecular weight is 488 g/mol. The van der Waals surface area contributed by atoms with Gasteiger partial charge in [0.2, 0.25) is 0 Å². The maximum atomic E-state index is 5.32. The lowest BCUT2D eigenvalue weighted by atomic mass is 9.83. The summed E-state index contributed by atoms with van der Waals surface area (Å²) in [4.78, 5) is 6.57. The van der Waals surface area contributed by atoms with Crippen LogP contribution in [0.3, 0.4) is 0 Å². The summed E-state index contributed by atoms with van der Waals surface area (Å²) in [6.45, 7) is 3.57. The molecular formula is C21H37IN4O. The van der Waals surface area contributed by atoms with Crippen molar-refractivity contribution in [2.75, 3.05) is 41.4 Å². The molecule has 1 fully saturated rings. The third kappa shape index (κ3) is 8.35. The topological polar surface area (TPSA) is 48.9 Å². The molecule has 5 nitrogen and oxygen atoms in total. The highest BCUT2D eigenvalue weighted by Gasteiger charge is 2.33. The Labute approximate surface area is 182 Å². The number of methoxy groups -OCH3 is 1. The molecule has 2 rings (SSSR count). The van der Waals surface area contributed by atoms with Crippen molar-refractivity contribution in [2.45, 2.75) is 45.2 Å². The minimum Gasteiger partial charge on any atom is -0.385 e. The lowest BCUT2D eigenvalue weighted by Gasteiger charge is -2.30. The van der Waals surface area contributed by atoms with Gasteiger partial charge in [0.25, 0.3) is 0 Å². The highest BCUT2D eigenvalue weighted by Crippen LogP contribution is 2.40. The Morgan fingerprint density at radius 1 is 1.11 bits per heavy atom. The first-order valence-electron chi connectivity index (χ1n) is 9.73. The van der Waals surface area contributed by atoms with Crippen LogP contribution in [0.5, 0.6) is 0 Å². The van der Waals surface area contributed by atoms with E-state index >= 15 is 0 Å².